The summed E-state index contributed by atoms with van der Waals surface area (Å²) in [6.45, 7) is 1.48. The van der Waals surface area contributed by atoms with Gasteiger partial charge in [-0.15, -0.1) is 0 Å². The van der Waals surface area contributed by atoms with Crippen molar-refractivity contribution in [2.75, 3.05) is 6.54 Å². The normalized spacial score (nSPS) is 15.7. The van der Waals surface area contributed by atoms with Gasteiger partial charge in [0, 0.05) is 25.5 Å². The van der Waals surface area contributed by atoms with Crippen LogP contribution in [0, 0.1) is 0 Å². The maximum Gasteiger partial charge on any atom is 0.315 e. The van der Waals surface area contributed by atoms with Gasteiger partial charge < -0.3 is 15.7 Å². The maximum absolute atomic E-state index is 11.8. The molecule has 0 aliphatic heterocycles. The third-order valence-electron chi connectivity index (χ3n) is 4.21. The third kappa shape index (κ3) is 4.32. The summed E-state index contributed by atoms with van der Waals surface area (Å²) in [5, 5.41) is 19.7. The summed E-state index contributed by atoms with van der Waals surface area (Å²) in [4.78, 5) is 11.8. The molecule has 6 heteroatoms. The van der Waals surface area contributed by atoms with Crippen molar-refractivity contribution in [3.8, 4) is 0 Å². The third-order valence-corrected chi connectivity index (χ3v) is 4.21. The van der Waals surface area contributed by atoms with E-state index in [2.05, 4.69) is 21.8 Å². The van der Waals surface area contributed by atoms with E-state index in [1.807, 2.05) is 35.1 Å². The fourth-order valence-electron chi connectivity index (χ4n) is 2.67. The highest BCUT2D eigenvalue weighted by Crippen LogP contribution is 2.30. The van der Waals surface area contributed by atoms with Gasteiger partial charge in [-0.05, 0) is 36.5 Å². The van der Waals surface area contributed by atoms with Crippen LogP contribution >= 0.6 is 0 Å². The molecule has 1 fully saturated rings. The Kier molecular flexibility index (Phi) is 4.62. The van der Waals surface area contributed by atoms with Crippen LogP contribution in [0.3, 0.4) is 0 Å². The highest BCUT2D eigenvalue weighted by molar-refractivity contribution is 5.73. The Bertz CT molecular complexity index is 650. The van der Waals surface area contributed by atoms with Crippen LogP contribution in [0.4, 0.5) is 4.79 Å². The molecule has 0 spiro atoms. The lowest BCUT2D eigenvalue weighted by Gasteiger charge is -2.36. The average molecular weight is 314 g/mol. The van der Waals surface area contributed by atoms with Crippen molar-refractivity contribution in [3.05, 3.63) is 53.9 Å². The monoisotopic (exact) mass is 314 g/mol. The highest BCUT2D eigenvalue weighted by Gasteiger charge is 2.34. The van der Waals surface area contributed by atoms with Crippen LogP contribution in [-0.4, -0.2) is 33.1 Å². The number of rotatable bonds is 6. The summed E-state index contributed by atoms with van der Waals surface area (Å²) in [6, 6.07) is 9.70. The minimum absolute atomic E-state index is 0.247. The Morgan fingerprint density at radius 2 is 2.09 bits per heavy atom. The van der Waals surface area contributed by atoms with E-state index in [-0.39, 0.29) is 6.03 Å². The van der Waals surface area contributed by atoms with Gasteiger partial charge in [0.15, 0.2) is 0 Å². The first kappa shape index (κ1) is 15.6. The van der Waals surface area contributed by atoms with Gasteiger partial charge in [-0.2, -0.15) is 5.10 Å². The number of aromatic nitrogens is 2. The van der Waals surface area contributed by atoms with Gasteiger partial charge in [-0.3, -0.25) is 4.68 Å². The Morgan fingerprint density at radius 1 is 1.26 bits per heavy atom. The van der Waals surface area contributed by atoms with Gasteiger partial charge in [-0.25, -0.2) is 4.79 Å². The standard InChI is InChI=1S/C17H22N4O2/c22-16(19-13-17(23)6-2-7-17)18-11-14-4-1-5-15(10-14)12-21-9-3-8-20-21/h1,3-5,8-10,23H,2,6-7,11-13H2,(H2,18,19,22). The lowest BCUT2D eigenvalue weighted by atomic mass is 9.80. The molecule has 0 bridgehead atoms. The van der Waals surface area contributed by atoms with Crippen LogP contribution in [0.25, 0.3) is 0 Å². The van der Waals surface area contributed by atoms with E-state index >= 15 is 0 Å². The molecule has 23 heavy (non-hydrogen) atoms. The summed E-state index contributed by atoms with van der Waals surface area (Å²) in [7, 11) is 0. The molecule has 2 amide bonds. The zero-order valence-corrected chi connectivity index (χ0v) is 13.0. The lowest BCUT2D eigenvalue weighted by molar-refractivity contribution is -0.0290. The second-order valence-corrected chi connectivity index (χ2v) is 6.14. The lowest BCUT2D eigenvalue weighted by Crippen LogP contribution is -2.49. The first-order valence-corrected chi connectivity index (χ1v) is 7.92. The molecule has 1 aromatic carbocycles. The Morgan fingerprint density at radius 3 is 2.78 bits per heavy atom. The van der Waals surface area contributed by atoms with Crippen LogP contribution in [0.15, 0.2) is 42.7 Å². The molecule has 1 heterocycles. The van der Waals surface area contributed by atoms with Gasteiger partial charge >= 0.3 is 6.03 Å². The molecular formula is C17H22N4O2. The molecule has 0 radical (unpaired) electrons. The highest BCUT2D eigenvalue weighted by atomic mass is 16.3. The van der Waals surface area contributed by atoms with E-state index in [9.17, 15) is 9.90 Å². The van der Waals surface area contributed by atoms with E-state index in [0.29, 0.717) is 19.6 Å². The molecule has 3 rings (SSSR count). The van der Waals surface area contributed by atoms with Gasteiger partial charge in [0.25, 0.3) is 0 Å². The van der Waals surface area contributed by atoms with Crippen LogP contribution in [0.1, 0.15) is 30.4 Å². The largest absolute Gasteiger partial charge is 0.388 e. The van der Waals surface area contributed by atoms with Gasteiger partial charge in [0.2, 0.25) is 0 Å². The molecule has 0 atom stereocenters. The van der Waals surface area contributed by atoms with Crippen LogP contribution in [-0.2, 0) is 13.1 Å². The number of amides is 2. The SMILES string of the molecule is O=C(NCc1cccc(Cn2cccn2)c1)NCC1(O)CCC1. The predicted octanol–water partition coefficient (Wildman–Crippen LogP) is 1.65. The summed E-state index contributed by atoms with van der Waals surface area (Å²) in [5.41, 5.74) is 1.48. The summed E-state index contributed by atoms with van der Waals surface area (Å²) >= 11 is 0. The second kappa shape index (κ2) is 6.83. The van der Waals surface area contributed by atoms with Crippen molar-refractivity contribution >= 4 is 6.03 Å². The smallest absolute Gasteiger partial charge is 0.315 e. The molecule has 1 aliphatic carbocycles. The summed E-state index contributed by atoms with van der Waals surface area (Å²) in [6.07, 6.45) is 6.24. The number of urea groups is 1. The van der Waals surface area contributed by atoms with E-state index in [4.69, 9.17) is 0 Å². The van der Waals surface area contributed by atoms with Crippen molar-refractivity contribution in [3.63, 3.8) is 0 Å². The first-order chi connectivity index (χ1) is 11.1. The Hall–Kier alpha value is -2.34. The number of carbonyl (C=O) groups is 1. The summed E-state index contributed by atoms with van der Waals surface area (Å²) in [5.74, 6) is 0. The van der Waals surface area contributed by atoms with Crippen LogP contribution < -0.4 is 10.6 Å². The van der Waals surface area contributed by atoms with Gasteiger partial charge in [0.1, 0.15) is 0 Å². The number of hydrogen-bond donors (Lipinski definition) is 3. The van der Waals surface area contributed by atoms with Gasteiger partial charge in [0.05, 0.1) is 12.1 Å². The van der Waals surface area contributed by atoms with Crippen molar-refractivity contribution in [2.24, 2.45) is 0 Å². The molecule has 2 aromatic rings. The van der Waals surface area contributed by atoms with Crippen molar-refractivity contribution < 1.29 is 9.90 Å². The average Bonchev–Trinajstić information content (AvgIpc) is 3.02. The first-order valence-electron chi connectivity index (χ1n) is 7.92. The van der Waals surface area contributed by atoms with E-state index in [0.717, 1.165) is 30.4 Å². The van der Waals surface area contributed by atoms with Crippen LogP contribution in [0.2, 0.25) is 0 Å². The summed E-state index contributed by atoms with van der Waals surface area (Å²) < 4.78 is 1.86. The van der Waals surface area contributed by atoms with E-state index in [1.54, 1.807) is 6.20 Å². The van der Waals surface area contributed by atoms with Gasteiger partial charge in [-0.1, -0.05) is 24.3 Å². The number of carbonyl (C=O) groups excluding carboxylic acids is 1. The Balaban J connectivity index is 1.47. The predicted molar refractivity (Wildman–Crippen MR) is 86.8 cm³/mol. The topological polar surface area (TPSA) is 79.2 Å². The fourth-order valence-corrected chi connectivity index (χ4v) is 2.67. The molecule has 1 aromatic heterocycles. The number of benzene rings is 1. The maximum atomic E-state index is 11.8. The quantitative estimate of drug-likeness (QED) is 0.758. The fraction of sp³-hybridized carbons (Fsp3) is 0.412. The van der Waals surface area contributed by atoms with Crippen molar-refractivity contribution in [1.29, 1.82) is 0 Å². The van der Waals surface area contributed by atoms with E-state index < -0.39 is 5.60 Å². The van der Waals surface area contributed by atoms with E-state index in [1.165, 1.54) is 0 Å². The van der Waals surface area contributed by atoms with Crippen molar-refractivity contribution in [2.45, 2.75) is 38.0 Å². The zero-order valence-electron chi connectivity index (χ0n) is 13.0. The number of nitrogens with one attached hydrogen (secondary N) is 2. The second-order valence-electron chi connectivity index (χ2n) is 6.14. The number of nitrogens with zero attached hydrogens (tertiary/aromatic N) is 2. The number of hydrogen-bond acceptors (Lipinski definition) is 3. The molecule has 122 valence electrons. The Labute approximate surface area is 135 Å². The molecular weight excluding hydrogens is 292 g/mol. The molecule has 1 saturated carbocycles. The molecule has 0 saturated heterocycles. The number of aliphatic hydroxyl groups is 1. The zero-order chi connectivity index (χ0) is 16.1. The van der Waals surface area contributed by atoms with Crippen molar-refractivity contribution in [1.82, 2.24) is 20.4 Å². The minimum Gasteiger partial charge on any atom is -0.388 e. The molecule has 1 aliphatic rings. The molecule has 3 N–H and O–H groups in total. The minimum atomic E-state index is -0.693. The van der Waals surface area contributed by atoms with Crippen LogP contribution in [0.5, 0.6) is 0 Å². The molecule has 6 nitrogen and oxygen atoms in total. The molecule has 0 unspecified atom stereocenters.